The lowest BCUT2D eigenvalue weighted by molar-refractivity contribution is 0.280. The van der Waals surface area contributed by atoms with Crippen LogP contribution in [0.25, 0.3) is 0 Å². The van der Waals surface area contributed by atoms with Crippen LogP contribution in [0.15, 0.2) is 6.07 Å². The van der Waals surface area contributed by atoms with Gasteiger partial charge in [0.05, 0.1) is 6.61 Å². The molecule has 1 nitrogen and oxygen atoms in total. The van der Waals surface area contributed by atoms with E-state index in [9.17, 15) is 17.6 Å². The summed E-state index contributed by atoms with van der Waals surface area (Å²) in [6.07, 6.45) is 1.42. The predicted octanol–water partition coefficient (Wildman–Crippen LogP) is 3.42. The Labute approximate surface area is 84.7 Å². The summed E-state index contributed by atoms with van der Waals surface area (Å²) in [5, 5.41) is 0. The Balaban J connectivity index is 2.89. The van der Waals surface area contributed by atoms with E-state index in [0.29, 0.717) is 12.5 Å². The Morgan fingerprint density at radius 1 is 1.07 bits per heavy atom. The van der Waals surface area contributed by atoms with Gasteiger partial charge in [0.1, 0.15) is 0 Å². The molecule has 0 amide bonds. The first-order chi connectivity index (χ1) is 7.07. The average molecular weight is 222 g/mol. The number of benzene rings is 1. The summed E-state index contributed by atoms with van der Waals surface area (Å²) in [4.78, 5) is 0. The van der Waals surface area contributed by atoms with Crippen molar-refractivity contribution < 1.29 is 22.3 Å². The zero-order chi connectivity index (χ0) is 11.4. The van der Waals surface area contributed by atoms with Crippen LogP contribution in [-0.4, -0.2) is 6.61 Å². The molecule has 0 N–H and O–H groups in total. The van der Waals surface area contributed by atoms with Crippen LogP contribution in [0.1, 0.15) is 19.8 Å². The van der Waals surface area contributed by atoms with E-state index in [1.807, 2.05) is 6.92 Å². The number of halogens is 4. The Kier molecular flexibility index (Phi) is 3.94. The lowest BCUT2D eigenvalue weighted by Gasteiger charge is -2.07. The lowest BCUT2D eigenvalue weighted by atomic mass is 10.3. The number of rotatable bonds is 4. The minimum atomic E-state index is -1.85. The molecule has 0 saturated carbocycles. The van der Waals surface area contributed by atoms with Crippen molar-refractivity contribution in [2.45, 2.75) is 19.8 Å². The van der Waals surface area contributed by atoms with E-state index in [4.69, 9.17) is 4.74 Å². The van der Waals surface area contributed by atoms with Crippen molar-refractivity contribution in [3.05, 3.63) is 29.3 Å². The highest BCUT2D eigenvalue weighted by molar-refractivity contribution is 5.27. The molecule has 0 aliphatic heterocycles. The van der Waals surface area contributed by atoms with Crippen LogP contribution in [0.3, 0.4) is 0 Å². The van der Waals surface area contributed by atoms with Crippen LogP contribution in [0.4, 0.5) is 17.6 Å². The largest absolute Gasteiger partial charge is 0.490 e. The average Bonchev–Trinajstić information content (AvgIpc) is 2.23. The monoisotopic (exact) mass is 222 g/mol. The summed E-state index contributed by atoms with van der Waals surface area (Å²) in [6.45, 7) is 2.02. The number of ether oxygens (including phenoxy) is 1. The molecular formula is C10H10F4O. The van der Waals surface area contributed by atoms with Crippen molar-refractivity contribution in [1.29, 1.82) is 0 Å². The second-order valence-corrected chi connectivity index (χ2v) is 3.00. The molecule has 84 valence electrons. The molecule has 0 aliphatic rings. The van der Waals surface area contributed by atoms with Gasteiger partial charge in [-0.2, -0.15) is 4.39 Å². The summed E-state index contributed by atoms with van der Waals surface area (Å²) in [6, 6.07) is 0.503. The fraction of sp³-hybridized carbons (Fsp3) is 0.400. The van der Waals surface area contributed by atoms with E-state index in [0.717, 1.165) is 6.42 Å². The first-order valence-electron chi connectivity index (χ1n) is 4.53. The molecule has 1 aromatic carbocycles. The second kappa shape index (κ2) is 5.00. The minimum absolute atomic E-state index is 0.137. The van der Waals surface area contributed by atoms with E-state index in [-0.39, 0.29) is 6.61 Å². The zero-order valence-electron chi connectivity index (χ0n) is 8.12. The maximum absolute atomic E-state index is 13.0. The van der Waals surface area contributed by atoms with Crippen molar-refractivity contribution in [3.63, 3.8) is 0 Å². The molecule has 5 heteroatoms. The summed E-state index contributed by atoms with van der Waals surface area (Å²) < 4.78 is 55.6. The fourth-order valence-corrected chi connectivity index (χ4v) is 0.983. The Hall–Kier alpha value is -1.26. The number of hydrogen-bond acceptors (Lipinski definition) is 1. The van der Waals surface area contributed by atoms with Gasteiger partial charge >= 0.3 is 0 Å². The maximum Gasteiger partial charge on any atom is 0.203 e. The van der Waals surface area contributed by atoms with E-state index >= 15 is 0 Å². The second-order valence-electron chi connectivity index (χ2n) is 3.00. The van der Waals surface area contributed by atoms with Gasteiger partial charge in [0.15, 0.2) is 17.4 Å². The molecule has 0 fully saturated rings. The third kappa shape index (κ3) is 2.61. The van der Waals surface area contributed by atoms with E-state index in [1.54, 1.807) is 0 Å². The first-order valence-corrected chi connectivity index (χ1v) is 4.53. The van der Waals surface area contributed by atoms with Crippen LogP contribution in [0.5, 0.6) is 5.75 Å². The number of hydrogen-bond donors (Lipinski definition) is 0. The molecule has 0 heterocycles. The van der Waals surface area contributed by atoms with Crippen LogP contribution in [0.2, 0.25) is 0 Å². The van der Waals surface area contributed by atoms with Crippen molar-refractivity contribution in [3.8, 4) is 5.75 Å². The SMILES string of the molecule is CCCCOc1cc(F)c(F)c(F)c1F. The van der Waals surface area contributed by atoms with Crippen molar-refractivity contribution in [1.82, 2.24) is 0 Å². The molecule has 15 heavy (non-hydrogen) atoms. The smallest absolute Gasteiger partial charge is 0.203 e. The highest BCUT2D eigenvalue weighted by atomic mass is 19.2. The van der Waals surface area contributed by atoms with Gasteiger partial charge in [-0.05, 0) is 6.42 Å². The summed E-state index contributed by atoms with van der Waals surface area (Å²) in [5.41, 5.74) is 0. The topological polar surface area (TPSA) is 9.23 Å². The normalized spacial score (nSPS) is 10.5. The van der Waals surface area contributed by atoms with Crippen LogP contribution < -0.4 is 4.74 Å². The molecule has 0 saturated heterocycles. The predicted molar refractivity (Wildman–Crippen MR) is 46.7 cm³/mol. The molecule has 0 radical (unpaired) electrons. The maximum atomic E-state index is 13.0. The van der Waals surface area contributed by atoms with Crippen LogP contribution >= 0.6 is 0 Å². The molecule has 0 unspecified atom stereocenters. The Morgan fingerprint density at radius 3 is 2.33 bits per heavy atom. The first kappa shape index (κ1) is 11.8. The van der Waals surface area contributed by atoms with Crippen LogP contribution in [-0.2, 0) is 0 Å². The quantitative estimate of drug-likeness (QED) is 0.328. The van der Waals surface area contributed by atoms with Gasteiger partial charge in [-0.1, -0.05) is 13.3 Å². The van der Waals surface area contributed by atoms with Gasteiger partial charge in [-0.15, -0.1) is 0 Å². The zero-order valence-corrected chi connectivity index (χ0v) is 8.12. The van der Waals surface area contributed by atoms with Crippen molar-refractivity contribution in [2.24, 2.45) is 0 Å². The summed E-state index contributed by atoms with van der Waals surface area (Å²) in [7, 11) is 0. The van der Waals surface area contributed by atoms with Gasteiger partial charge < -0.3 is 4.74 Å². The summed E-state index contributed by atoms with van der Waals surface area (Å²) >= 11 is 0. The Bertz CT molecular complexity index is 352. The van der Waals surface area contributed by atoms with Gasteiger partial charge in [-0.25, -0.2) is 13.2 Å². The molecule has 1 rings (SSSR count). The minimum Gasteiger partial charge on any atom is -0.490 e. The third-order valence-electron chi connectivity index (χ3n) is 1.82. The fourth-order valence-electron chi connectivity index (χ4n) is 0.983. The molecule has 0 spiro atoms. The Morgan fingerprint density at radius 2 is 1.73 bits per heavy atom. The van der Waals surface area contributed by atoms with E-state index < -0.39 is 29.0 Å². The highest BCUT2D eigenvalue weighted by Gasteiger charge is 2.19. The molecule has 0 aliphatic carbocycles. The lowest BCUT2D eigenvalue weighted by Crippen LogP contribution is -2.03. The third-order valence-corrected chi connectivity index (χ3v) is 1.82. The molecule has 0 atom stereocenters. The number of unbranched alkanes of at least 4 members (excludes halogenated alkanes) is 1. The van der Waals surface area contributed by atoms with E-state index in [2.05, 4.69) is 0 Å². The van der Waals surface area contributed by atoms with Crippen LogP contribution in [0, 0.1) is 23.3 Å². The highest BCUT2D eigenvalue weighted by Crippen LogP contribution is 2.24. The van der Waals surface area contributed by atoms with Gasteiger partial charge in [0.25, 0.3) is 0 Å². The van der Waals surface area contributed by atoms with Gasteiger partial charge in [0, 0.05) is 6.07 Å². The van der Waals surface area contributed by atoms with Crippen molar-refractivity contribution >= 4 is 0 Å². The standard InChI is InChI=1S/C10H10F4O/c1-2-3-4-15-7-5-6(11)8(12)10(14)9(7)13/h5H,2-4H2,1H3. The molecule has 0 aromatic heterocycles. The summed E-state index contributed by atoms with van der Waals surface area (Å²) in [5.74, 6) is -7.22. The molecule has 0 bridgehead atoms. The molecular weight excluding hydrogens is 212 g/mol. The van der Waals surface area contributed by atoms with Gasteiger partial charge in [0.2, 0.25) is 11.6 Å². The molecule has 1 aromatic rings. The van der Waals surface area contributed by atoms with Crippen molar-refractivity contribution in [2.75, 3.05) is 6.61 Å². The van der Waals surface area contributed by atoms with E-state index in [1.165, 1.54) is 0 Å². The van der Waals surface area contributed by atoms with Gasteiger partial charge in [-0.3, -0.25) is 0 Å².